The van der Waals surface area contributed by atoms with Crippen LogP contribution >= 0.6 is 0 Å². The van der Waals surface area contributed by atoms with Crippen LogP contribution in [0.4, 0.5) is 18.0 Å². The fourth-order valence-electron chi connectivity index (χ4n) is 4.39. The average Bonchev–Trinajstić information content (AvgIpc) is 3.31. The number of halogens is 3. The minimum absolute atomic E-state index is 0.189. The summed E-state index contributed by atoms with van der Waals surface area (Å²) in [4.78, 5) is 28.4. The van der Waals surface area contributed by atoms with Crippen LogP contribution in [-0.4, -0.2) is 59.3 Å². The van der Waals surface area contributed by atoms with Crippen LogP contribution in [-0.2, 0) is 4.74 Å². The summed E-state index contributed by atoms with van der Waals surface area (Å²) >= 11 is 0. The number of alkyl halides is 3. The minimum atomic E-state index is -4.59. The number of rotatable bonds is 2. The first-order valence-electron chi connectivity index (χ1n) is 10.0. The van der Waals surface area contributed by atoms with Crippen LogP contribution in [0.2, 0.25) is 0 Å². The SMILES string of the molecule is CC(OC(=O)N1CCC2(CCCN2C(=O)c2cc3ccccc3o2)CC1)C(F)(F)F. The van der Waals surface area contributed by atoms with E-state index in [-0.39, 0.29) is 24.8 Å². The van der Waals surface area contributed by atoms with E-state index in [1.54, 1.807) is 12.1 Å². The first-order chi connectivity index (χ1) is 14.2. The Morgan fingerprint density at radius 3 is 2.50 bits per heavy atom. The van der Waals surface area contributed by atoms with Gasteiger partial charge in [-0.15, -0.1) is 0 Å². The summed E-state index contributed by atoms with van der Waals surface area (Å²) in [5, 5.41) is 0.852. The van der Waals surface area contributed by atoms with Crippen molar-refractivity contribution in [1.29, 1.82) is 0 Å². The summed E-state index contributed by atoms with van der Waals surface area (Å²) in [7, 11) is 0. The van der Waals surface area contributed by atoms with Gasteiger partial charge in [-0.25, -0.2) is 4.79 Å². The molecule has 1 spiro atoms. The molecule has 0 saturated carbocycles. The first-order valence-corrected chi connectivity index (χ1v) is 10.0. The van der Waals surface area contributed by atoms with Gasteiger partial charge in [0, 0.05) is 30.6 Å². The third kappa shape index (κ3) is 3.73. The molecule has 3 heterocycles. The van der Waals surface area contributed by atoms with Crippen molar-refractivity contribution < 1.29 is 31.9 Å². The van der Waals surface area contributed by atoms with Crippen LogP contribution in [0.15, 0.2) is 34.7 Å². The van der Waals surface area contributed by atoms with Crippen molar-refractivity contribution in [2.75, 3.05) is 19.6 Å². The molecule has 30 heavy (non-hydrogen) atoms. The molecule has 2 saturated heterocycles. The maximum Gasteiger partial charge on any atom is 0.425 e. The van der Waals surface area contributed by atoms with E-state index >= 15 is 0 Å². The van der Waals surface area contributed by atoms with E-state index in [0.717, 1.165) is 25.2 Å². The van der Waals surface area contributed by atoms with Crippen LogP contribution in [0.3, 0.4) is 0 Å². The largest absolute Gasteiger partial charge is 0.451 e. The van der Waals surface area contributed by atoms with Gasteiger partial charge in [-0.3, -0.25) is 4.79 Å². The second-order valence-corrected chi connectivity index (χ2v) is 7.99. The number of carbonyl (C=O) groups is 2. The number of hydrogen-bond acceptors (Lipinski definition) is 4. The van der Waals surface area contributed by atoms with Crippen molar-refractivity contribution >= 4 is 23.0 Å². The number of amides is 2. The molecule has 1 aromatic heterocycles. The fourth-order valence-corrected chi connectivity index (χ4v) is 4.39. The van der Waals surface area contributed by atoms with Gasteiger partial charge in [-0.1, -0.05) is 18.2 Å². The summed E-state index contributed by atoms with van der Waals surface area (Å²) in [5.74, 6) is 0.0868. The number of hydrogen-bond donors (Lipinski definition) is 0. The third-order valence-corrected chi connectivity index (χ3v) is 6.17. The highest BCUT2D eigenvalue weighted by Crippen LogP contribution is 2.40. The van der Waals surface area contributed by atoms with Crippen molar-refractivity contribution in [3.63, 3.8) is 0 Å². The predicted molar refractivity (Wildman–Crippen MR) is 102 cm³/mol. The summed E-state index contributed by atoms with van der Waals surface area (Å²) < 4.78 is 48.2. The lowest BCUT2D eigenvalue weighted by atomic mass is 9.85. The summed E-state index contributed by atoms with van der Waals surface area (Å²) in [6.07, 6.45) is -5.10. The van der Waals surface area contributed by atoms with Crippen molar-refractivity contribution in [3.05, 3.63) is 36.1 Å². The monoisotopic (exact) mass is 424 g/mol. The topological polar surface area (TPSA) is 63.0 Å². The van der Waals surface area contributed by atoms with E-state index in [2.05, 4.69) is 4.74 Å². The fraction of sp³-hybridized carbons (Fsp3) is 0.524. The Kier molecular flexibility index (Phi) is 5.15. The Labute approximate surface area is 171 Å². The third-order valence-electron chi connectivity index (χ3n) is 6.17. The predicted octanol–water partition coefficient (Wildman–Crippen LogP) is 4.59. The molecule has 2 aliphatic heterocycles. The van der Waals surface area contributed by atoms with E-state index < -0.39 is 23.9 Å². The smallest absolute Gasteiger partial charge is 0.425 e. The number of ether oxygens (including phenoxy) is 1. The molecule has 0 aliphatic carbocycles. The quantitative estimate of drug-likeness (QED) is 0.708. The second kappa shape index (κ2) is 7.52. The van der Waals surface area contributed by atoms with E-state index in [4.69, 9.17) is 4.42 Å². The molecule has 2 amide bonds. The number of carbonyl (C=O) groups excluding carboxylic acids is 2. The van der Waals surface area contributed by atoms with Crippen molar-refractivity contribution in [3.8, 4) is 0 Å². The van der Waals surface area contributed by atoms with Crippen LogP contribution in [0, 0.1) is 0 Å². The van der Waals surface area contributed by atoms with Gasteiger partial charge in [0.15, 0.2) is 11.9 Å². The number of piperidine rings is 1. The molecule has 0 bridgehead atoms. The lowest BCUT2D eigenvalue weighted by molar-refractivity contribution is -0.200. The zero-order chi connectivity index (χ0) is 21.5. The normalized spacial score (nSPS) is 20.0. The van der Waals surface area contributed by atoms with Crippen molar-refractivity contribution in [2.24, 2.45) is 0 Å². The molecular weight excluding hydrogens is 401 g/mol. The zero-order valence-corrected chi connectivity index (χ0v) is 16.6. The molecule has 2 fully saturated rings. The Morgan fingerprint density at radius 2 is 1.83 bits per heavy atom. The van der Waals surface area contributed by atoms with Gasteiger partial charge in [0.1, 0.15) is 5.58 Å². The molecule has 6 nitrogen and oxygen atoms in total. The summed E-state index contributed by atoms with van der Waals surface area (Å²) in [5.41, 5.74) is 0.230. The number of fused-ring (bicyclic) bond motifs is 1. The number of benzene rings is 1. The molecule has 0 radical (unpaired) electrons. The first kappa shape index (κ1) is 20.6. The standard InChI is InChI=1S/C21H23F3N2O4/c1-14(21(22,23)24)29-19(28)25-11-8-20(9-12-25)7-4-10-26(20)18(27)17-13-15-5-2-3-6-16(15)30-17/h2-3,5-6,13-14H,4,7-12H2,1H3. The van der Waals surface area contributed by atoms with E-state index in [1.807, 2.05) is 23.1 Å². The highest BCUT2D eigenvalue weighted by atomic mass is 19.4. The van der Waals surface area contributed by atoms with Gasteiger partial charge in [0.25, 0.3) is 5.91 Å². The van der Waals surface area contributed by atoms with Gasteiger partial charge in [-0.05, 0) is 44.7 Å². The average molecular weight is 424 g/mol. The van der Waals surface area contributed by atoms with Crippen molar-refractivity contribution in [1.82, 2.24) is 9.80 Å². The molecule has 162 valence electrons. The van der Waals surface area contributed by atoms with Gasteiger partial charge < -0.3 is 19.0 Å². The van der Waals surface area contributed by atoms with Crippen LogP contribution in [0.25, 0.3) is 11.0 Å². The number of para-hydroxylation sites is 1. The lowest BCUT2D eigenvalue weighted by Gasteiger charge is -2.44. The number of furan rings is 1. The molecular formula is C21H23F3N2O4. The zero-order valence-electron chi connectivity index (χ0n) is 16.6. The molecule has 4 rings (SSSR count). The Balaban J connectivity index is 1.43. The second-order valence-electron chi connectivity index (χ2n) is 7.99. The Morgan fingerprint density at radius 1 is 1.13 bits per heavy atom. The number of likely N-dealkylation sites (tertiary alicyclic amines) is 2. The highest BCUT2D eigenvalue weighted by Gasteiger charge is 2.47. The van der Waals surface area contributed by atoms with Crippen LogP contribution in [0.5, 0.6) is 0 Å². The Hall–Kier alpha value is -2.71. The van der Waals surface area contributed by atoms with Crippen molar-refractivity contribution in [2.45, 2.75) is 50.4 Å². The summed E-state index contributed by atoms with van der Waals surface area (Å²) in [6.45, 7) is 1.89. The molecule has 1 atom stereocenters. The lowest BCUT2D eigenvalue weighted by Crippen LogP contribution is -2.55. The van der Waals surface area contributed by atoms with Crippen LogP contribution in [0.1, 0.15) is 43.2 Å². The highest BCUT2D eigenvalue weighted by molar-refractivity contribution is 5.96. The maximum atomic E-state index is 13.2. The minimum Gasteiger partial charge on any atom is -0.451 e. The van der Waals surface area contributed by atoms with Gasteiger partial charge in [-0.2, -0.15) is 13.2 Å². The molecule has 1 aromatic carbocycles. The van der Waals surface area contributed by atoms with Crippen LogP contribution < -0.4 is 0 Å². The molecule has 1 unspecified atom stereocenters. The Bertz CT molecular complexity index is 914. The van der Waals surface area contributed by atoms with E-state index in [1.165, 1.54) is 4.90 Å². The van der Waals surface area contributed by atoms with E-state index in [9.17, 15) is 22.8 Å². The van der Waals surface area contributed by atoms with Gasteiger partial charge in [0.05, 0.1) is 0 Å². The van der Waals surface area contributed by atoms with E-state index in [0.29, 0.717) is 25.0 Å². The maximum absolute atomic E-state index is 13.2. The molecule has 2 aromatic rings. The molecule has 2 aliphatic rings. The number of nitrogens with zero attached hydrogens (tertiary/aromatic N) is 2. The molecule has 0 N–H and O–H groups in total. The van der Waals surface area contributed by atoms with Gasteiger partial charge in [0.2, 0.25) is 0 Å². The molecule has 9 heteroatoms. The van der Waals surface area contributed by atoms with Gasteiger partial charge >= 0.3 is 12.3 Å². The summed E-state index contributed by atoms with van der Waals surface area (Å²) in [6, 6.07) is 9.12.